The van der Waals surface area contributed by atoms with E-state index in [2.05, 4.69) is 21.2 Å². The number of nitrogens with zero attached hydrogens (tertiary/aromatic N) is 1. The van der Waals surface area contributed by atoms with Gasteiger partial charge in [-0.15, -0.1) is 0 Å². The van der Waals surface area contributed by atoms with Crippen molar-refractivity contribution in [1.82, 2.24) is 10.2 Å². The fraction of sp³-hybridized carbons (Fsp3) is 0.258. The van der Waals surface area contributed by atoms with Gasteiger partial charge in [0, 0.05) is 40.3 Å². The predicted octanol–water partition coefficient (Wildman–Crippen LogP) is 7.23. The van der Waals surface area contributed by atoms with E-state index >= 15 is 4.39 Å². The van der Waals surface area contributed by atoms with Gasteiger partial charge in [-0.3, -0.25) is 10.1 Å². The smallest absolute Gasteiger partial charge is 0.253 e. The Bertz CT molecular complexity index is 1580. The molecule has 0 heterocycles. The van der Waals surface area contributed by atoms with Crippen molar-refractivity contribution in [1.29, 1.82) is 0 Å². The maximum Gasteiger partial charge on any atom is 0.253 e. The van der Waals surface area contributed by atoms with Crippen LogP contribution in [0.2, 0.25) is 5.02 Å². The number of para-hydroxylation sites is 1. The molecule has 0 spiro atoms. The van der Waals surface area contributed by atoms with Crippen LogP contribution in [0.15, 0.2) is 106 Å². The maximum absolute atomic E-state index is 16.4. The van der Waals surface area contributed by atoms with E-state index < -0.39 is 32.7 Å². The fourth-order valence-corrected chi connectivity index (χ4v) is 6.53. The van der Waals surface area contributed by atoms with Crippen LogP contribution in [0.4, 0.5) is 8.78 Å². The average molecular weight is 680 g/mol. The summed E-state index contributed by atoms with van der Waals surface area (Å²) < 4.78 is 64.4. The first-order valence-corrected chi connectivity index (χ1v) is 15.8. The molecule has 0 saturated heterocycles. The molecule has 0 saturated carbocycles. The number of hydrogen-bond acceptors (Lipinski definition) is 5. The highest BCUT2D eigenvalue weighted by Crippen LogP contribution is 2.38. The molecule has 0 aromatic heterocycles. The van der Waals surface area contributed by atoms with Crippen molar-refractivity contribution >= 4 is 43.3 Å². The zero-order valence-corrected chi connectivity index (χ0v) is 26.1. The van der Waals surface area contributed by atoms with E-state index in [0.29, 0.717) is 41.5 Å². The Morgan fingerprint density at radius 1 is 1.12 bits per heavy atom. The molecule has 0 fully saturated rings. The third-order valence-corrected chi connectivity index (χ3v) is 9.79. The summed E-state index contributed by atoms with van der Waals surface area (Å²) in [5, 5.41) is 0.280. The number of sulfone groups is 1. The van der Waals surface area contributed by atoms with Gasteiger partial charge in [0.1, 0.15) is 11.6 Å². The second-order valence-electron chi connectivity index (χ2n) is 9.88. The molecular formula is C31H30BrClF2N2O4S. The third kappa shape index (κ3) is 7.11. The van der Waals surface area contributed by atoms with E-state index in [4.69, 9.17) is 16.3 Å². The molecule has 3 aromatic carbocycles. The van der Waals surface area contributed by atoms with E-state index in [-0.39, 0.29) is 10.8 Å². The standard InChI is InChI=1S/C31H30BrClF2N2O4S/c1-21(36-29-20-25(34)16-17-31(29,35)42(39,40)26-14-12-24(33)13-15-26)27-6-3-4-7-28(27)41-19-5-18-37(2)30(38)22-8-10-23(32)11-9-22/h3-4,6-17,20-21,29,36H,5,18-19H2,1-2H3. The van der Waals surface area contributed by atoms with Gasteiger partial charge in [0.2, 0.25) is 9.84 Å². The third-order valence-electron chi connectivity index (χ3n) is 6.90. The number of nitrogens with one attached hydrogen (secondary N) is 1. The minimum absolute atomic E-state index is 0.106. The topological polar surface area (TPSA) is 75.7 Å². The van der Waals surface area contributed by atoms with Crippen molar-refractivity contribution in [2.75, 3.05) is 20.2 Å². The molecule has 0 aliphatic heterocycles. The van der Waals surface area contributed by atoms with Gasteiger partial charge in [0.05, 0.1) is 17.5 Å². The van der Waals surface area contributed by atoms with Crippen LogP contribution in [0.5, 0.6) is 5.75 Å². The first-order chi connectivity index (χ1) is 19.9. The summed E-state index contributed by atoms with van der Waals surface area (Å²) >= 11 is 9.24. The molecular weight excluding hydrogens is 650 g/mol. The molecule has 222 valence electrons. The van der Waals surface area contributed by atoms with Gasteiger partial charge in [-0.05, 0) is 86.2 Å². The molecule has 1 aliphatic rings. The Hall–Kier alpha value is -3.05. The van der Waals surface area contributed by atoms with Crippen LogP contribution in [0.1, 0.15) is 35.3 Å². The molecule has 3 atom stereocenters. The lowest BCUT2D eigenvalue weighted by atomic mass is 10.0. The number of allylic oxidation sites excluding steroid dienone is 2. The van der Waals surface area contributed by atoms with Crippen molar-refractivity contribution in [3.05, 3.63) is 117 Å². The van der Waals surface area contributed by atoms with Crippen LogP contribution < -0.4 is 10.1 Å². The number of hydrogen-bond donors (Lipinski definition) is 1. The minimum Gasteiger partial charge on any atom is -0.493 e. The van der Waals surface area contributed by atoms with Crippen LogP contribution in [0.3, 0.4) is 0 Å². The second kappa shape index (κ2) is 13.5. The zero-order valence-electron chi connectivity index (χ0n) is 22.9. The highest BCUT2D eigenvalue weighted by atomic mass is 79.9. The van der Waals surface area contributed by atoms with E-state index in [1.54, 1.807) is 55.3 Å². The summed E-state index contributed by atoms with van der Waals surface area (Å²) in [6.07, 6.45) is 3.01. The Morgan fingerprint density at radius 2 is 1.79 bits per heavy atom. The predicted molar refractivity (Wildman–Crippen MR) is 164 cm³/mol. The van der Waals surface area contributed by atoms with E-state index in [1.807, 2.05) is 12.1 Å². The maximum atomic E-state index is 16.4. The van der Waals surface area contributed by atoms with Gasteiger partial charge < -0.3 is 9.64 Å². The molecule has 11 heteroatoms. The lowest BCUT2D eigenvalue weighted by Crippen LogP contribution is -2.52. The molecule has 42 heavy (non-hydrogen) atoms. The number of ether oxygens (including phenoxy) is 1. The molecule has 3 unspecified atom stereocenters. The molecule has 1 aliphatic carbocycles. The summed E-state index contributed by atoms with van der Waals surface area (Å²) in [5.41, 5.74) is 1.21. The number of carbonyl (C=O) groups is 1. The Labute approximate surface area is 258 Å². The van der Waals surface area contributed by atoms with Gasteiger partial charge in [-0.25, -0.2) is 17.2 Å². The van der Waals surface area contributed by atoms with E-state index in [9.17, 15) is 17.6 Å². The number of rotatable bonds is 11. The Balaban J connectivity index is 1.43. The Kier molecular flexibility index (Phi) is 10.2. The highest BCUT2D eigenvalue weighted by Gasteiger charge is 2.51. The summed E-state index contributed by atoms with van der Waals surface area (Å²) in [7, 11) is -2.88. The Morgan fingerprint density at radius 3 is 2.48 bits per heavy atom. The molecule has 4 rings (SSSR count). The number of carbonyl (C=O) groups excluding carboxylic acids is 1. The number of alkyl halides is 1. The van der Waals surface area contributed by atoms with Crippen LogP contribution in [0.25, 0.3) is 0 Å². The molecule has 0 radical (unpaired) electrons. The fourth-order valence-electron chi connectivity index (χ4n) is 4.57. The van der Waals surface area contributed by atoms with Crippen LogP contribution in [-0.4, -0.2) is 50.5 Å². The summed E-state index contributed by atoms with van der Waals surface area (Å²) in [6.45, 7) is 2.46. The van der Waals surface area contributed by atoms with Crippen LogP contribution >= 0.6 is 27.5 Å². The van der Waals surface area contributed by atoms with E-state index in [0.717, 1.165) is 22.7 Å². The number of halogens is 4. The highest BCUT2D eigenvalue weighted by molar-refractivity contribution is 9.10. The van der Waals surface area contributed by atoms with Gasteiger partial charge in [0.15, 0.2) is 0 Å². The lowest BCUT2D eigenvalue weighted by Gasteiger charge is -2.34. The monoisotopic (exact) mass is 678 g/mol. The molecule has 1 N–H and O–H groups in total. The van der Waals surface area contributed by atoms with Gasteiger partial charge in [-0.2, -0.15) is 0 Å². The zero-order chi connectivity index (χ0) is 30.5. The van der Waals surface area contributed by atoms with Crippen molar-refractivity contribution < 1.29 is 26.7 Å². The SMILES string of the molecule is CC(NC1C=C(F)C=CC1(F)S(=O)(=O)c1ccc(Cl)cc1)c1ccccc1OCCCN(C)C(=O)c1ccc(Br)cc1. The lowest BCUT2D eigenvalue weighted by molar-refractivity contribution is 0.0787. The summed E-state index contributed by atoms with van der Waals surface area (Å²) in [5.74, 6) is -0.364. The van der Waals surface area contributed by atoms with Gasteiger partial charge in [0.25, 0.3) is 10.9 Å². The molecule has 6 nitrogen and oxygen atoms in total. The minimum atomic E-state index is -4.60. The largest absolute Gasteiger partial charge is 0.493 e. The second-order valence-corrected chi connectivity index (χ2v) is 13.3. The number of benzene rings is 3. The van der Waals surface area contributed by atoms with Crippen LogP contribution in [-0.2, 0) is 9.84 Å². The van der Waals surface area contributed by atoms with Crippen molar-refractivity contribution in [2.24, 2.45) is 0 Å². The van der Waals surface area contributed by atoms with Crippen molar-refractivity contribution in [2.45, 2.75) is 35.3 Å². The summed E-state index contributed by atoms with van der Waals surface area (Å²) in [6, 6.07) is 17.2. The first-order valence-electron chi connectivity index (χ1n) is 13.2. The van der Waals surface area contributed by atoms with Crippen molar-refractivity contribution in [3.63, 3.8) is 0 Å². The normalized spacial score (nSPS) is 19.2. The van der Waals surface area contributed by atoms with Gasteiger partial charge >= 0.3 is 0 Å². The first kappa shape index (κ1) is 31.9. The molecule has 1 amide bonds. The summed E-state index contributed by atoms with van der Waals surface area (Å²) in [4.78, 5) is 14.0. The van der Waals surface area contributed by atoms with Crippen LogP contribution in [0, 0.1) is 0 Å². The van der Waals surface area contributed by atoms with Crippen molar-refractivity contribution in [3.8, 4) is 5.75 Å². The average Bonchev–Trinajstić information content (AvgIpc) is 2.97. The quantitative estimate of drug-likeness (QED) is 0.217. The van der Waals surface area contributed by atoms with E-state index in [1.165, 1.54) is 24.3 Å². The van der Waals surface area contributed by atoms with Gasteiger partial charge in [-0.1, -0.05) is 45.7 Å². The molecule has 0 bridgehead atoms. The number of amides is 1. The molecule has 3 aromatic rings.